The molecular formula is C14H30N2. The van der Waals surface area contributed by atoms with E-state index < -0.39 is 0 Å². The number of hydrogen-bond acceptors (Lipinski definition) is 2. The molecule has 1 aliphatic heterocycles. The van der Waals surface area contributed by atoms with Crippen LogP contribution >= 0.6 is 0 Å². The van der Waals surface area contributed by atoms with E-state index in [0.717, 1.165) is 12.5 Å². The van der Waals surface area contributed by atoms with Gasteiger partial charge in [-0.1, -0.05) is 20.8 Å². The molecule has 1 aliphatic rings. The molecule has 3 unspecified atom stereocenters. The van der Waals surface area contributed by atoms with Gasteiger partial charge in [0.05, 0.1) is 0 Å². The fourth-order valence-corrected chi connectivity index (χ4v) is 2.77. The number of nitrogens with one attached hydrogen (secondary N) is 1. The van der Waals surface area contributed by atoms with E-state index in [9.17, 15) is 0 Å². The quantitative estimate of drug-likeness (QED) is 0.793. The highest BCUT2D eigenvalue weighted by Crippen LogP contribution is 2.23. The highest BCUT2D eigenvalue weighted by Gasteiger charge is 2.34. The Labute approximate surface area is 102 Å². The SMILES string of the molecule is CCC1(C)CN(C(C)CC(C)C)C(C)CN1. The lowest BCUT2D eigenvalue weighted by molar-refractivity contribution is 0.0522. The second-order valence-electron chi connectivity index (χ2n) is 6.30. The molecule has 2 heteroatoms. The summed E-state index contributed by atoms with van der Waals surface area (Å²) in [6.07, 6.45) is 2.52. The Morgan fingerprint density at radius 1 is 1.38 bits per heavy atom. The van der Waals surface area contributed by atoms with Gasteiger partial charge < -0.3 is 5.32 Å². The predicted octanol–water partition coefficient (Wildman–Crippen LogP) is 2.88. The van der Waals surface area contributed by atoms with Crippen LogP contribution in [0.5, 0.6) is 0 Å². The van der Waals surface area contributed by atoms with Gasteiger partial charge in [-0.2, -0.15) is 0 Å². The maximum atomic E-state index is 3.69. The number of hydrogen-bond donors (Lipinski definition) is 1. The van der Waals surface area contributed by atoms with Crippen molar-refractivity contribution in [2.75, 3.05) is 13.1 Å². The highest BCUT2D eigenvalue weighted by atomic mass is 15.3. The van der Waals surface area contributed by atoms with Crippen LogP contribution in [0.15, 0.2) is 0 Å². The molecule has 96 valence electrons. The molecule has 0 radical (unpaired) electrons. The van der Waals surface area contributed by atoms with Gasteiger partial charge in [0.2, 0.25) is 0 Å². The maximum Gasteiger partial charge on any atom is 0.0278 e. The summed E-state index contributed by atoms with van der Waals surface area (Å²) < 4.78 is 0. The molecule has 0 aromatic heterocycles. The van der Waals surface area contributed by atoms with Crippen LogP contribution in [0.1, 0.15) is 54.4 Å². The zero-order chi connectivity index (χ0) is 12.3. The minimum Gasteiger partial charge on any atom is -0.309 e. The average molecular weight is 226 g/mol. The molecule has 0 aliphatic carbocycles. The van der Waals surface area contributed by atoms with Crippen molar-refractivity contribution in [2.24, 2.45) is 5.92 Å². The lowest BCUT2D eigenvalue weighted by atomic mass is 9.91. The molecule has 3 atom stereocenters. The first-order chi connectivity index (χ1) is 7.38. The summed E-state index contributed by atoms with van der Waals surface area (Å²) in [5.41, 5.74) is 0.317. The van der Waals surface area contributed by atoms with E-state index in [1.54, 1.807) is 0 Å². The Balaban J connectivity index is 2.62. The van der Waals surface area contributed by atoms with Crippen molar-refractivity contribution in [3.8, 4) is 0 Å². The van der Waals surface area contributed by atoms with E-state index in [-0.39, 0.29) is 0 Å². The lowest BCUT2D eigenvalue weighted by Gasteiger charge is -2.48. The van der Waals surface area contributed by atoms with Gasteiger partial charge in [-0.25, -0.2) is 0 Å². The topological polar surface area (TPSA) is 15.3 Å². The smallest absolute Gasteiger partial charge is 0.0278 e. The zero-order valence-corrected chi connectivity index (χ0v) is 12.0. The lowest BCUT2D eigenvalue weighted by Crippen LogP contribution is -2.63. The molecule has 2 nitrogen and oxygen atoms in total. The number of rotatable bonds is 4. The number of piperazine rings is 1. The van der Waals surface area contributed by atoms with E-state index in [0.29, 0.717) is 17.6 Å². The number of nitrogens with zero attached hydrogens (tertiary/aromatic N) is 1. The van der Waals surface area contributed by atoms with Gasteiger partial charge >= 0.3 is 0 Å². The molecule has 0 aromatic carbocycles. The Morgan fingerprint density at radius 2 is 2.00 bits per heavy atom. The summed E-state index contributed by atoms with van der Waals surface area (Å²) in [5, 5.41) is 3.69. The summed E-state index contributed by atoms with van der Waals surface area (Å²) in [6, 6.07) is 1.39. The molecule has 0 spiro atoms. The molecule has 0 saturated carbocycles. The Kier molecular flexibility index (Phi) is 4.81. The molecule has 1 saturated heterocycles. The van der Waals surface area contributed by atoms with E-state index in [4.69, 9.17) is 0 Å². The molecule has 16 heavy (non-hydrogen) atoms. The van der Waals surface area contributed by atoms with Crippen LogP contribution in [0, 0.1) is 5.92 Å². The fraction of sp³-hybridized carbons (Fsp3) is 1.00. The van der Waals surface area contributed by atoms with Gasteiger partial charge in [0, 0.05) is 30.7 Å². The van der Waals surface area contributed by atoms with Gasteiger partial charge in [0.15, 0.2) is 0 Å². The third-order valence-electron chi connectivity index (χ3n) is 4.08. The van der Waals surface area contributed by atoms with Crippen molar-refractivity contribution in [3.05, 3.63) is 0 Å². The van der Waals surface area contributed by atoms with Crippen molar-refractivity contribution in [3.63, 3.8) is 0 Å². The maximum absolute atomic E-state index is 3.69. The summed E-state index contributed by atoms with van der Waals surface area (Å²) in [7, 11) is 0. The van der Waals surface area contributed by atoms with Crippen LogP contribution in [-0.2, 0) is 0 Å². The molecule has 0 aromatic rings. The van der Waals surface area contributed by atoms with Crippen LogP contribution in [0.2, 0.25) is 0 Å². The summed E-state index contributed by atoms with van der Waals surface area (Å²) in [6.45, 7) is 16.3. The van der Waals surface area contributed by atoms with Crippen LogP contribution in [-0.4, -0.2) is 35.6 Å². The van der Waals surface area contributed by atoms with Crippen LogP contribution in [0.3, 0.4) is 0 Å². The molecular weight excluding hydrogens is 196 g/mol. The molecule has 1 fully saturated rings. The third kappa shape index (κ3) is 3.46. The van der Waals surface area contributed by atoms with E-state index in [1.807, 2.05) is 0 Å². The van der Waals surface area contributed by atoms with E-state index in [2.05, 4.69) is 51.8 Å². The fourth-order valence-electron chi connectivity index (χ4n) is 2.77. The normalized spacial score (nSPS) is 34.3. The van der Waals surface area contributed by atoms with Gasteiger partial charge in [0.25, 0.3) is 0 Å². The van der Waals surface area contributed by atoms with Gasteiger partial charge in [-0.05, 0) is 39.5 Å². The van der Waals surface area contributed by atoms with E-state index in [1.165, 1.54) is 19.4 Å². The average Bonchev–Trinajstić information content (AvgIpc) is 2.21. The largest absolute Gasteiger partial charge is 0.309 e. The zero-order valence-electron chi connectivity index (χ0n) is 12.0. The molecule has 1 heterocycles. The molecule has 0 bridgehead atoms. The van der Waals surface area contributed by atoms with Crippen LogP contribution in [0.25, 0.3) is 0 Å². The third-order valence-corrected chi connectivity index (χ3v) is 4.08. The Hall–Kier alpha value is -0.0800. The van der Waals surface area contributed by atoms with Crippen molar-refractivity contribution >= 4 is 0 Å². The standard InChI is InChI=1S/C14H30N2/c1-7-14(6)10-16(13(5)9-15-14)12(4)8-11(2)3/h11-13,15H,7-10H2,1-6H3. The highest BCUT2D eigenvalue weighted by molar-refractivity contribution is 4.94. The second-order valence-corrected chi connectivity index (χ2v) is 6.30. The monoisotopic (exact) mass is 226 g/mol. The van der Waals surface area contributed by atoms with Crippen molar-refractivity contribution < 1.29 is 0 Å². The minimum atomic E-state index is 0.317. The predicted molar refractivity (Wildman–Crippen MR) is 71.8 cm³/mol. The first-order valence-corrected chi connectivity index (χ1v) is 6.88. The first-order valence-electron chi connectivity index (χ1n) is 6.88. The summed E-state index contributed by atoms with van der Waals surface area (Å²) in [5.74, 6) is 0.796. The summed E-state index contributed by atoms with van der Waals surface area (Å²) >= 11 is 0. The van der Waals surface area contributed by atoms with Gasteiger partial charge in [-0.3, -0.25) is 4.90 Å². The molecule has 0 amide bonds. The van der Waals surface area contributed by atoms with Gasteiger partial charge in [-0.15, -0.1) is 0 Å². The minimum absolute atomic E-state index is 0.317. The van der Waals surface area contributed by atoms with Crippen molar-refractivity contribution in [1.82, 2.24) is 10.2 Å². The molecule has 1 rings (SSSR count). The molecule has 1 N–H and O–H groups in total. The van der Waals surface area contributed by atoms with Crippen LogP contribution in [0.4, 0.5) is 0 Å². The first kappa shape index (κ1) is 14.0. The van der Waals surface area contributed by atoms with Crippen molar-refractivity contribution in [2.45, 2.75) is 72.0 Å². The summed E-state index contributed by atoms with van der Waals surface area (Å²) in [4.78, 5) is 2.69. The van der Waals surface area contributed by atoms with Gasteiger partial charge in [0.1, 0.15) is 0 Å². The van der Waals surface area contributed by atoms with Crippen LogP contribution < -0.4 is 5.32 Å². The Morgan fingerprint density at radius 3 is 2.50 bits per heavy atom. The van der Waals surface area contributed by atoms with Crippen molar-refractivity contribution in [1.29, 1.82) is 0 Å². The Bertz CT molecular complexity index is 215. The van der Waals surface area contributed by atoms with E-state index >= 15 is 0 Å². The second kappa shape index (κ2) is 5.50.